The van der Waals surface area contributed by atoms with Crippen molar-refractivity contribution in [1.82, 2.24) is 25.5 Å². The fourth-order valence-corrected chi connectivity index (χ4v) is 2.87. The summed E-state index contributed by atoms with van der Waals surface area (Å²) in [6.45, 7) is 4.90. The molecule has 0 amide bonds. The number of halogens is 1. The molecule has 1 atom stereocenters. The molecule has 108 valence electrons. The molecule has 0 aliphatic carbocycles. The van der Waals surface area contributed by atoms with Gasteiger partial charge >= 0.3 is 0 Å². The smallest absolute Gasteiger partial charge is 0.213 e. The third kappa shape index (κ3) is 3.34. The zero-order chi connectivity index (χ0) is 14.5. The number of aromatic nitrogens is 4. The predicted molar refractivity (Wildman–Crippen MR) is 76.0 cm³/mol. The van der Waals surface area contributed by atoms with Crippen molar-refractivity contribution in [2.24, 2.45) is 7.05 Å². The first-order valence-electron chi connectivity index (χ1n) is 6.55. The molecule has 0 aliphatic heterocycles. The largest absolute Gasteiger partial charge is 0.310 e. The summed E-state index contributed by atoms with van der Waals surface area (Å²) < 4.78 is 15.7. The standard InChI is InChI=1S/C13H18FN5S/c1-4-8-15-9(2)12-10(14)6-5-7-11(12)20-13-16-17-18-19(13)3/h5-7,9,15H,4,8H2,1-3H3. The molecular formula is C13H18FN5S. The molecule has 0 radical (unpaired) electrons. The van der Waals surface area contributed by atoms with E-state index in [0.717, 1.165) is 17.9 Å². The van der Waals surface area contributed by atoms with E-state index in [-0.39, 0.29) is 11.9 Å². The van der Waals surface area contributed by atoms with Crippen LogP contribution in [0.2, 0.25) is 0 Å². The van der Waals surface area contributed by atoms with Crippen molar-refractivity contribution >= 4 is 11.8 Å². The topological polar surface area (TPSA) is 55.6 Å². The van der Waals surface area contributed by atoms with Crippen LogP contribution in [0.1, 0.15) is 31.9 Å². The summed E-state index contributed by atoms with van der Waals surface area (Å²) in [7, 11) is 1.76. The summed E-state index contributed by atoms with van der Waals surface area (Å²) in [6, 6.07) is 5.03. The molecule has 0 saturated carbocycles. The first-order chi connectivity index (χ1) is 9.63. The number of nitrogens with zero attached hydrogens (tertiary/aromatic N) is 4. The summed E-state index contributed by atoms with van der Waals surface area (Å²) in [5, 5.41) is 15.3. The highest BCUT2D eigenvalue weighted by Crippen LogP contribution is 2.33. The van der Waals surface area contributed by atoms with Crippen molar-refractivity contribution in [3.05, 3.63) is 29.6 Å². The van der Waals surface area contributed by atoms with Crippen LogP contribution in [0.5, 0.6) is 0 Å². The number of hydrogen-bond donors (Lipinski definition) is 1. The molecule has 7 heteroatoms. The highest BCUT2D eigenvalue weighted by Gasteiger charge is 2.17. The maximum atomic E-state index is 14.1. The van der Waals surface area contributed by atoms with E-state index >= 15 is 0 Å². The van der Waals surface area contributed by atoms with Gasteiger partial charge in [0.1, 0.15) is 5.82 Å². The summed E-state index contributed by atoms with van der Waals surface area (Å²) in [4.78, 5) is 0.832. The van der Waals surface area contributed by atoms with Crippen molar-refractivity contribution in [3.8, 4) is 0 Å². The molecule has 0 spiro atoms. The number of hydrogen-bond acceptors (Lipinski definition) is 5. The van der Waals surface area contributed by atoms with Gasteiger partial charge in [0.05, 0.1) is 0 Å². The zero-order valence-corrected chi connectivity index (χ0v) is 12.6. The van der Waals surface area contributed by atoms with E-state index in [2.05, 4.69) is 27.8 Å². The molecule has 1 aromatic heterocycles. The number of aryl methyl sites for hydroxylation is 1. The minimum atomic E-state index is -0.207. The van der Waals surface area contributed by atoms with Crippen molar-refractivity contribution in [2.75, 3.05) is 6.54 Å². The number of benzene rings is 1. The molecule has 0 bridgehead atoms. The molecule has 0 saturated heterocycles. The lowest BCUT2D eigenvalue weighted by Crippen LogP contribution is -2.21. The molecule has 1 N–H and O–H groups in total. The fraction of sp³-hybridized carbons (Fsp3) is 0.462. The Bertz CT molecular complexity index is 572. The summed E-state index contributed by atoms with van der Waals surface area (Å²) in [5.41, 5.74) is 0.661. The minimum Gasteiger partial charge on any atom is -0.310 e. The third-order valence-corrected chi connectivity index (χ3v) is 4.03. The summed E-state index contributed by atoms with van der Waals surface area (Å²) >= 11 is 1.37. The molecule has 2 rings (SSSR count). The zero-order valence-electron chi connectivity index (χ0n) is 11.8. The van der Waals surface area contributed by atoms with Crippen LogP contribution in [0, 0.1) is 5.82 Å². The van der Waals surface area contributed by atoms with Gasteiger partial charge in [0.25, 0.3) is 0 Å². The maximum absolute atomic E-state index is 14.1. The molecule has 20 heavy (non-hydrogen) atoms. The Morgan fingerprint density at radius 3 is 2.90 bits per heavy atom. The van der Waals surface area contributed by atoms with E-state index in [1.165, 1.54) is 17.8 Å². The number of nitrogens with one attached hydrogen (secondary N) is 1. The number of tetrazole rings is 1. The average molecular weight is 295 g/mol. The van der Waals surface area contributed by atoms with Gasteiger partial charge in [-0.05, 0) is 54.2 Å². The van der Waals surface area contributed by atoms with Gasteiger partial charge in [-0.25, -0.2) is 9.07 Å². The van der Waals surface area contributed by atoms with Crippen LogP contribution in [0.3, 0.4) is 0 Å². The van der Waals surface area contributed by atoms with Gasteiger partial charge in [-0.15, -0.1) is 5.10 Å². The van der Waals surface area contributed by atoms with Gasteiger partial charge in [-0.3, -0.25) is 0 Å². The van der Waals surface area contributed by atoms with Crippen LogP contribution in [-0.4, -0.2) is 26.8 Å². The van der Waals surface area contributed by atoms with Gasteiger partial charge in [-0.1, -0.05) is 13.0 Å². The Kier molecular flexibility index (Phi) is 5.08. The Labute approximate surface area is 122 Å². The molecule has 1 heterocycles. The lowest BCUT2D eigenvalue weighted by atomic mass is 10.1. The first kappa shape index (κ1) is 14.9. The maximum Gasteiger partial charge on any atom is 0.213 e. The van der Waals surface area contributed by atoms with E-state index in [4.69, 9.17) is 0 Å². The van der Waals surface area contributed by atoms with E-state index in [1.807, 2.05) is 13.0 Å². The van der Waals surface area contributed by atoms with Crippen molar-refractivity contribution in [1.29, 1.82) is 0 Å². The van der Waals surface area contributed by atoms with Crippen LogP contribution in [0.4, 0.5) is 4.39 Å². The molecule has 1 aromatic carbocycles. The van der Waals surface area contributed by atoms with E-state index < -0.39 is 0 Å². The Balaban J connectivity index is 2.28. The average Bonchev–Trinajstić information content (AvgIpc) is 2.82. The molecule has 2 aromatic rings. The fourth-order valence-electron chi connectivity index (χ4n) is 1.90. The lowest BCUT2D eigenvalue weighted by molar-refractivity contribution is 0.518. The first-order valence-corrected chi connectivity index (χ1v) is 7.37. The monoisotopic (exact) mass is 295 g/mol. The van der Waals surface area contributed by atoms with E-state index in [1.54, 1.807) is 17.8 Å². The third-order valence-electron chi connectivity index (χ3n) is 2.93. The molecule has 5 nitrogen and oxygen atoms in total. The van der Waals surface area contributed by atoms with Crippen molar-refractivity contribution in [3.63, 3.8) is 0 Å². The molecule has 1 unspecified atom stereocenters. The minimum absolute atomic E-state index is 0.0557. The SMILES string of the molecule is CCCNC(C)c1c(F)cccc1Sc1nnnn1C. The summed E-state index contributed by atoms with van der Waals surface area (Å²) in [6.07, 6.45) is 1.01. The molecular weight excluding hydrogens is 277 g/mol. The van der Waals surface area contributed by atoms with Crippen molar-refractivity contribution < 1.29 is 4.39 Å². The quantitative estimate of drug-likeness (QED) is 0.887. The molecule has 0 aliphatic rings. The van der Waals surface area contributed by atoms with Crippen LogP contribution in [0.15, 0.2) is 28.3 Å². The Hall–Kier alpha value is -1.47. The van der Waals surface area contributed by atoms with Crippen LogP contribution in [-0.2, 0) is 7.05 Å². The highest BCUT2D eigenvalue weighted by atomic mass is 32.2. The number of rotatable bonds is 6. The van der Waals surface area contributed by atoms with Crippen LogP contribution < -0.4 is 5.32 Å². The molecule has 0 fully saturated rings. The highest BCUT2D eigenvalue weighted by molar-refractivity contribution is 7.99. The predicted octanol–water partition coefficient (Wildman–Crippen LogP) is 2.56. The lowest BCUT2D eigenvalue weighted by Gasteiger charge is -2.17. The van der Waals surface area contributed by atoms with Gasteiger partial charge in [0.2, 0.25) is 5.16 Å². The normalized spacial score (nSPS) is 12.6. The van der Waals surface area contributed by atoms with Crippen LogP contribution >= 0.6 is 11.8 Å². The second-order valence-electron chi connectivity index (χ2n) is 4.51. The van der Waals surface area contributed by atoms with Crippen LogP contribution in [0.25, 0.3) is 0 Å². The van der Waals surface area contributed by atoms with E-state index in [0.29, 0.717) is 10.7 Å². The van der Waals surface area contributed by atoms with Gasteiger partial charge in [0.15, 0.2) is 0 Å². The second-order valence-corrected chi connectivity index (χ2v) is 5.52. The van der Waals surface area contributed by atoms with Gasteiger partial charge in [-0.2, -0.15) is 0 Å². The Morgan fingerprint density at radius 2 is 2.25 bits per heavy atom. The van der Waals surface area contributed by atoms with Crippen molar-refractivity contribution in [2.45, 2.75) is 36.4 Å². The Morgan fingerprint density at radius 1 is 1.45 bits per heavy atom. The second kappa shape index (κ2) is 6.81. The van der Waals surface area contributed by atoms with Gasteiger partial charge < -0.3 is 5.32 Å². The summed E-state index contributed by atoms with van der Waals surface area (Å²) in [5.74, 6) is -0.207. The van der Waals surface area contributed by atoms with Gasteiger partial charge in [0, 0.05) is 23.5 Å². The van der Waals surface area contributed by atoms with E-state index in [9.17, 15) is 4.39 Å².